The van der Waals surface area contributed by atoms with Gasteiger partial charge in [0.25, 0.3) is 0 Å². The second-order valence-corrected chi connectivity index (χ2v) is 10.4. The molecule has 1 aliphatic carbocycles. The van der Waals surface area contributed by atoms with Crippen molar-refractivity contribution < 1.29 is 4.74 Å². The molecule has 2 aliphatic rings. The van der Waals surface area contributed by atoms with Crippen molar-refractivity contribution in [3.8, 4) is 11.3 Å². The fourth-order valence-electron chi connectivity index (χ4n) is 5.22. The number of ether oxygens (including phenoxy) is 1. The zero-order valence-electron chi connectivity index (χ0n) is 20.5. The lowest BCUT2D eigenvalue weighted by Crippen LogP contribution is -2.37. The third kappa shape index (κ3) is 5.36. The summed E-state index contributed by atoms with van der Waals surface area (Å²) in [6.45, 7) is 4.78. The first-order chi connectivity index (χ1) is 18.1. The largest absolute Gasteiger partial charge is 0.379 e. The van der Waals surface area contributed by atoms with E-state index in [-0.39, 0.29) is 5.92 Å². The van der Waals surface area contributed by atoms with Crippen LogP contribution < -0.4 is 5.32 Å². The highest BCUT2D eigenvalue weighted by atomic mass is 35.5. The second kappa shape index (κ2) is 10.8. The van der Waals surface area contributed by atoms with Crippen LogP contribution in [0, 0.1) is 0 Å². The normalized spacial score (nSPS) is 17.2. The van der Waals surface area contributed by atoms with E-state index in [4.69, 9.17) is 32.9 Å². The van der Waals surface area contributed by atoms with E-state index in [0.29, 0.717) is 16.0 Å². The SMILES string of the molecule is Clc1ccc(C2Cc3cnc(Nc4ccc(CCN5CCOCC5)cc4)nc3-c3ccccc32)cc1Cl. The zero-order valence-corrected chi connectivity index (χ0v) is 22.0. The molecule has 1 aromatic heterocycles. The summed E-state index contributed by atoms with van der Waals surface area (Å²) in [5.74, 6) is 0.772. The van der Waals surface area contributed by atoms with Crippen LogP contribution in [0.15, 0.2) is 72.9 Å². The van der Waals surface area contributed by atoms with E-state index in [9.17, 15) is 0 Å². The molecule has 5 nitrogen and oxygen atoms in total. The molecule has 7 heteroatoms. The number of fused-ring (bicyclic) bond motifs is 3. The average molecular weight is 531 g/mol. The summed E-state index contributed by atoms with van der Waals surface area (Å²) in [5.41, 5.74) is 7.92. The van der Waals surface area contributed by atoms with E-state index in [1.54, 1.807) is 0 Å². The second-order valence-electron chi connectivity index (χ2n) is 9.61. The number of hydrogen-bond donors (Lipinski definition) is 1. The van der Waals surface area contributed by atoms with E-state index in [0.717, 1.165) is 73.8 Å². The standard InChI is InChI=1S/C30H28Cl2N4O/c31-27-10-7-21(18-28(27)32)26-17-22-19-33-30(35-29(22)25-4-2-1-3-24(25)26)34-23-8-5-20(6-9-23)11-12-36-13-15-37-16-14-36/h1-10,18-19,26H,11-17H2,(H,33,34,35). The fraction of sp³-hybridized carbons (Fsp3) is 0.267. The van der Waals surface area contributed by atoms with Gasteiger partial charge in [-0.3, -0.25) is 4.90 Å². The maximum Gasteiger partial charge on any atom is 0.227 e. The molecule has 0 bridgehead atoms. The highest BCUT2D eigenvalue weighted by Gasteiger charge is 2.27. The summed E-state index contributed by atoms with van der Waals surface area (Å²) < 4.78 is 5.44. The predicted molar refractivity (Wildman–Crippen MR) is 150 cm³/mol. The molecule has 4 aromatic rings. The molecule has 0 radical (unpaired) electrons. The molecular formula is C30H28Cl2N4O. The lowest BCUT2D eigenvalue weighted by atomic mass is 9.78. The van der Waals surface area contributed by atoms with Crippen molar-refractivity contribution >= 4 is 34.8 Å². The Kier molecular flexibility index (Phi) is 7.12. The van der Waals surface area contributed by atoms with Crippen molar-refractivity contribution in [2.24, 2.45) is 0 Å². The van der Waals surface area contributed by atoms with Crippen molar-refractivity contribution in [3.63, 3.8) is 0 Å². The quantitative estimate of drug-likeness (QED) is 0.298. The smallest absolute Gasteiger partial charge is 0.227 e. The van der Waals surface area contributed by atoms with E-state index >= 15 is 0 Å². The molecule has 1 unspecified atom stereocenters. The molecule has 1 fully saturated rings. The van der Waals surface area contributed by atoms with Crippen LogP contribution in [0.2, 0.25) is 10.0 Å². The van der Waals surface area contributed by atoms with Crippen LogP contribution in [0.4, 0.5) is 11.6 Å². The van der Waals surface area contributed by atoms with Gasteiger partial charge in [-0.05, 0) is 59.4 Å². The topological polar surface area (TPSA) is 50.3 Å². The van der Waals surface area contributed by atoms with Crippen LogP contribution in [0.3, 0.4) is 0 Å². The molecule has 0 spiro atoms. The maximum atomic E-state index is 6.35. The van der Waals surface area contributed by atoms with Crippen molar-refractivity contribution in [1.29, 1.82) is 0 Å². The van der Waals surface area contributed by atoms with Crippen LogP contribution in [0.5, 0.6) is 0 Å². The van der Waals surface area contributed by atoms with Crippen molar-refractivity contribution in [1.82, 2.24) is 14.9 Å². The van der Waals surface area contributed by atoms with Gasteiger partial charge in [0.2, 0.25) is 5.95 Å². The first-order valence-corrected chi connectivity index (χ1v) is 13.5. The monoisotopic (exact) mass is 530 g/mol. The number of benzene rings is 3. The fourth-order valence-corrected chi connectivity index (χ4v) is 5.52. The molecule has 1 saturated heterocycles. The lowest BCUT2D eigenvalue weighted by molar-refractivity contribution is 0.0384. The Hall–Kier alpha value is -2.96. The molecule has 0 saturated carbocycles. The first-order valence-electron chi connectivity index (χ1n) is 12.7. The summed E-state index contributed by atoms with van der Waals surface area (Å²) in [4.78, 5) is 12.1. The Labute approximate surface area is 227 Å². The van der Waals surface area contributed by atoms with Gasteiger partial charge in [-0.1, -0.05) is 65.7 Å². The Bertz CT molecular complexity index is 1400. The average Bonchev–Trinajstić information content (AvgIpc) is 2.94. The van der Waals surface area contributed by atoms with Gasteiger partial charge in [0.05, 0.1) is 29.0 Å². The minimum absolute atomic E-state index is 0.172. The Morgan fingerprint density at radius 2 is 1.76 bits per heavy atom. The molecule has 37 heavy (non-hydrogen) atoms. The first kappa shape index (κ1) is 24.4. The predicted octanol–water partition coefficient (Wildman–Crippen LogP) is 6.76. The van der Waals surface area contributed by atoms with E-state index in [1.165, 1.54) is 11.1 Å². The molecule has 0 amide bonds. The number of nitrogens with zero attached hydrogens (tertiary/aromatic N) is 3. The number of aromatic nitrogens is 2. The summed E-state index contributed by atoms with van der Waals surface area (Å²) >= 11 is 12.5. The summed E-state index contributed by atoms with van der Waals surface area (Å²) in [6.07, 6.45) is 3.79. The number of halogens is 2. The number of rotatable bonds is 6. The van der Waals surface area contributed by atoms with Crippen LogP contribution in [0.25, 0.3) is 11.3 Å². The van der Waals surface area contributed by atoms with Gasteiger partial charge < -0.3 is 10.1 Å². The minimum Gasteiger partial charge on any atom is -0.379 e. The highest BCUT2D eigenvalue weighted by Crippen LogP contribution is 2.43. The van der Waals surface area contributed by atoms with Gasteiger partial charge in [0, 0.05) is 43.0 Å². The van der Waals surface area contributed by atoms with E-state index in [1.807, 2.05) is 18.3 Å². The number of hydrogen-bond acceptors (Lipinski definition) is 5. The van der Waals surface area contributed by atoms with Gasteiger partial charge in [-0.25, -0.2) is 9.97 Å². The molecule has 1 aliphatic heterocycles. The summed E-state index contributed by atoms with van der Waals surface area (Å²) in [6, 6.07) is 22.9. The van der Waals surface area contributed by atoms with Crippen LogP contribution >= 0.6 is 23.2 Å². The maximum absolute atomic E-state index is 6.35. The Morgan fingerprint density at radius 1 is 0.946 bits per heavy atom. The van der Waals surface area contributed by atoms with Crippen molar-refractivity contribution in [3.05, 3.63) is 105 Å². The molecule has 6 rings (SSSR count). The number of morpholine rings is 1. The third-order valence-corrected chi connectivity index (χ3v) is 8.00. The molecule has 1 N–H and O–H groups in total. The van der Waals surface area contributed by atoms with Crippen LogP contribution in [-0.2, 0) is 17.6 Å². The molecular weight excluding hydrogens is 503 g/mol. The highest BCUT2D eigenvalue weighted by molar-refractivity contribution is 6.42. The van der Waals surface area contributed by atoms with E-state index in [2.05, 4.69) is 69.8 Å². The number of nitrogens with one attached hydrogen (secondary N) is 1. The molecule has 1 atom stereocenters. The zero-order chi connectivity index (χ0) is 25.2. The van der Waals surface area contributed by atoms with Crippen LogP contribution in [-0.4, -0.2) is 47.7 Å². The molecule has 2 heterocycles. The molecule has 3 aromatic carbocycles. The molecule has 188 valence electrons. The van der Waals surface area contributed by atoms with Crippen LogP contribution in [0.1, 0.15) is 28.2 Å². The van der Waals surface area contributed by atoms with E-state index < -0.39 is 0 Å². The summed E-state index contributed by atoms with van der Waals surface area (Å²) in [5, 5.41) is 4.54. The summed E-state index contributed by atoms with van der Waals surface area (Å²) in [7, 11) is 0. The minimum atomic E-state index is 0.172. The van der Waals surface area contributed by atoms with Gasteiger partial charge >= 0.3 is 0 Å². The van der Waals surface area contributed by atoms with Gasteiger partial charge in [-0.15, -0.1) is 0 Å². The van der Waals surface area contributed by atoms with Gasteiger partial charge in [0.15, 0.2) is 0 Å². The number of anilines is 2. The van der Waals surface area contributed by atoms with Gasteiger partial charge in [-0.2, -0.15) is 0 Å². The van der Waals surface area contributed by atoms with Crippen molar-refractivity contribution in [2.45, 2.75) is 18.8 Å². The third-order valence-electron chi connectivity index (χ3n) is 7.26. The Morgan fingerprint density at radius 3 is 2.57 bits per heavy atom. The lowest BCUT2D eigenvalue weighted by Gasteiger charge is -2.27. The van der Waals surface area contributed by atoms with Gasteiger partial charge in [0.1, 0.15) is 0 Å². The van der Waals surface area contributed by atoms with Crippen molar-refractivity contribution in [2.75, 3.05) is 38.2 Å². The Balaban J connectivity index is 1.20.